The van der Waals surface area contributed by atoms with E-state index >= 15 is 0 Å². The van der Waals surface area contributed by atoms with Gasteiger partial charge in [0.25, 0.3) is 5.91 Å². The average molecular weight is 332 g/mol. The zero-order valence-electron chi connectivity index (χ0n) is 14.8. The number of ether oxygens (including phenoxy) is 1. The van der Waals surface area contributed by atoms with Gasteiger partial charge < -0.3 is 15.4 Å². The molecule has 1 aliphatic rings. The number of amides is 2. The van der Waals surface area contributed by atoms with Gasteiger partial charge in [0, 0.05) is 6.04 Å². The molecule has 0 heterocycles. The molecule has 1 aromatic carbocycles. The van der Waals surface area contributed by atoms with Crippen molar-refractivity contribution in [3.8, 4) is 5.75 Å². The number of benzene rings is 1. The summed E-state index contributed by atoms with van der Waals surface area (Å²) in [5, 5.41) is 5.95. The predicted molar refractivity (Wildman–Crippen MR) is 94.1 cm³/mol. The van der Waals surface area contributed by atoms with E-state index in [4.69, 9.17) is 4.74 Å². The molecule has 132 valence electrons. The van der Waals surface area contributed by atoms with Crippen LogP contribution in [0.25, 0.3) is 0 Å². The Morgan fingerprint density at radius 3 is 2.50 bits per heavy atom. The smallest absolute Gasteiger partial charge is 0.255 e. The van der Waals surface area contributed by atoms with Crippen LogP contribution in [0.1, 0.15) is 56.8 Å². The van der Waals surface area contributed by atoms with Gasteiger partial charge in [-0.25, -0.2) is 0 Å². The summed E-state index contributed by atoms with van der Waals surface area (Å²) in [5.74, 6) is 0.171. The van der Waals surface area contributed by atoms with Crippen molar-refractivity contribution in [2.24, 2.45) is 5.92 Å². The molecule has 2 N–H and O–H groups in total. The fourth-order valence-electron chi connectivity index (χ4n) is 3.05. The van der Waals surface area contributed by atoms with Gasteiger partial charge in [-0.3, -0.25) is 9.59 Å². The van der Waals surface area contributed by atoms with Gasteiger partial charge >= 0.3 is 0 Å². The third-order valence-corrected chi connectivity index (χ3v) is 4.37. The number of hydrogen-bond acceptors (Lipinski definition) is 3. The molecule has 1 aliphatic carbocycles. The van der Waals surface area contributed by atoms with Crippen molar-refractivity contribution >= 4 is 11.8 Å². The van der Waals surface area contributed by atoms with E-state index in [2.05, 4.69) is 10.6 Å². The molecule has 0 aromatic heterocycles. The fourth-order valence-corrected chi connectivity index (χ4v) is 3.05. The number of carbonyl (C=O) groups is 2. The van der Waals surface area contributed by atoms with E-state index in [0.717, 1.165) is 25.7 Å². The lowest BCUT2D eigenvalue weighted by molar-refractivity contribution is -0.124. The summed E-state index contributed by atoms with van der Waals surface area (Å²) in [5.41, 5.74) is 0.457. The molecule has 0 radical (unpaired) electrons. The minimum Gasteiger partial charge on any atom is -0.493 e. The number of carbonyl (C=O) groups excluding carboxylic acids is 2. The van der Waals surface area contributed by atoms with Crippen molar-refractivity contribution in [2.45, 2.75) is 58.5 Å². The number of rotatable bonds is 7. The molecule has 1 aromatic rings. The van der Waals surface area contributed by atoms with Crippen LogP contribution in [0.2, 0.25) is 0 Å². The Morgan fingerprint density at radius 2 is 1.88 bits per heavy atom. The first kappa shape index (κ1) is 18.3. The van der Waals surface area contributed by atoms with E-state index in [-0.39, 0.29) is 23.8 Å². The van der Waals surface area contributed by atoms with Gasteiger partial charge in [0.15, 0.2) is 0 Å². The Balaban J connectivity index is 2.06. The third-order valence-electron chi connectivity index (χ3n) is 4.37. The summed E-state index contributed by atoms with van der Waals surface area (Å²) < 4.78 is 5.51. The lowest BCUT2D eigenvalue weighted by Crippen LogP contribution is -2.51. The van der Waals surface area contributed by atoms with Crippen molar-refractivity contribution < 1.29 is 14.3 Å². The van der Waals surface area contributed by atoms with Crippen molar-refractivity contribution in [1.82, 2.24) is 10.6 Å². The van der Waals surface area contributed by atoms with Crippen LogP contribution in [-0.4, -0.2) is 30.5 Å². The molecule has 1 unspecified atom stereocenters. The largest absolute Gasteiger partial charge is 0.493 e. The molecule has 2 rings (SSSR count). The topological polar surface area (TPSA) is 67.4 Å². The first-order valence-electron chi connectivity index (χ1n) is 8.86. The highest BCUT2D eigenvalue weighted by Crippen LogP contribution is 2.20. The number of para-hydroxylation sites is 1. The number of nitrogens with one attached hydrogen (secondary N) is 2. The van der Waals surface area contributed by atoms with Gasteiger partial charge in [-0.1, -0.05) is 38.8 Å². The van der Waals surface area contributed by atoms with Crippen LogP contribution < -0.4 is 15.4 Å². The first-order chi connectivity index (χ1) is 11.5. The van der Waals surface area contributed by atoms with Gasteiger partial charge in [-0.15, -0.1) is 0 Å². The highest BCUT2D eigenvalue weighted by Gasteiger charge is 2.28. The molecule has 2 amide bonds. The summed E-state index contributed by atoms with van der Waals surface area (Å²) in [4.78, 5) is 25.2. The number of hydrogen-bond donors (Lipinski definition) is 2. The van der Waals surface area contributed by atoms with Crippen LogP contribution in [-0.2, 0) is 4.79 Å². The molecule has 0 aliphatic heterocycles. The zero-order valence-corrected chi connectivity index (χ0v) is 14.8. The van der Waals surface area contributed by atoms with Crippen molar-refractivity contribution in [3.63, 3.8) is 0 Å². The second-order valence-electron chi connectivity index (χ2n) is 6.61. The van der Waals surface area contributed by atoms with Gasteiger partial charge in [0.1, 0.15) is 11.8 Å². The van der Waals surface area contributed by atoms with Crippen LogP contribution in [0, 0.1) is 5.92 Å². The summed E-state index contributed by atoms with van der Waals surface area (Å²) >= 11 is 0. The Labute approximate surface area is 144 Å². The third kappa shape index (κ3) is 4.73. The van der Waals surface area contributed by atoms with Crippen LogP contribution in [0.15, 0.2) is 24.3 Å². The minimum atomic E-state index is -0.548. The second-order valence-corrected chi connectivity index (χ2v) is 6.61. The highest BCUT2D eigenvalue weighted by atomic mass is 16.5. The van der Waals surface area contributed by atoms with Gasteiger partial charge in [-0.05, 0) is 37.8 Å². The monoisotopic (exact) mass is 332 g/mol. The van der Waals surface area contributed by atoms with Crippen molar-refractivity contribution in [1.29, 1.82) is 0 Å². The molecule has 24 heavy (non-hydrogen) atoms. The highest BCUT2D eigenvalue weighted by molar-refractivity contribution is 5.99. The van der Waals surface area contributed by atoms with Gasteiger partial charge in [0.05, 0.1) is 12.2 Å². The van der Waals surface area contributed by atoms with E-state index in [0.29, 0.717) is 17.9 Å². The lowest BCUT2D eigenvalue weighted by atomic mass is 10.0. The predicted octanol–water partition coefficient (Wildman–Crippen LogP) is 2.90. The molecule has 5 heteroatoms. The zero-order chi connectivity index (χ0) is 17.5. The average Bonchev–Trinajstić information content (AvgIpc) is 3.05. The maximum absolute atomic E-state index is 12.6. The molecule has 0 spiro atoms. The van der Waals surface area contributed by atoms with Crippen molar-refractivity contribution in [2.75, 3.05) is 6.61 Å². The lowest BCUT2D eigenvalue weighted by Gasteiger charge is -2.24. The van der Waals surface area contributed by atoms with E-state index < -0.39 is 6.04 Å². The maximum Gasteiger partial charge on any atom is 0.255 e. The van der Waals surface area contributed by atoms with Crippen LogP contribution in [0.3, 0.4) is 0 Å². The second kappa shape index (κ2) is 8.71. The first-order valence-corrected chi connectivity index (χ1v) is 8.86. The molecule has 0 bridgehead atoms. The van der Waals surface area contributed by atoms with Gasteiger partial charge in [-0.2, -0.15) is 0 Å². The Hall–Kier alpha value is -2.04. The fraction of sp³-hybridized carbons (Fsp3) is 0.579. The summed E-state index contributed by atoms with van der Waals surface area (Å²) in [7, 11) is 0. The van der Waals surface area contributed by atoms with Crippen LogP contribution in [0.5, 0.6) is 5.75 Å². The molecular formula is C19H28N2O3. The van der Waals surface area contributed by atoms with E-state index in [1.165, 1.54) is 0 Å². The van der Waals surface area contributed by atoms with Crippen LogP contribution >= 0.6 is 0 Å². The Morgan fingerprint density at radius 1 is 1.21 bits per heavy atom. The molecule has 1 atom stereocenters. The standard InChI is InChI=1S/C19H28N2O3/c1-4-24-16-12-8-7-11-15(16)18(22)21-17(13(2)3)19(23)20-14-9-5-6-10-14/h7-8,11-14,17H,4-6,9-10H2,1-3H3,(H,20,23)(H,21,22). The quantitative estimate of drug-likeness (QED) is 0.807. The molecule has 1 saturated carbocycles. The molecule has 5 nitrogen and oxygen atoms in total. The van der Waals surface area contributed by atoms with E-state index in [1.54, 1.807) is 18.2 Å². The van der Waals surface area contributed by atoms with E-state index in [1.807, 2.05) is 26.8 Å². The minimum absolute atomic E-state index is 0.00890. The van der Waals surface area contributed by atoms with E-state index in [9.17, 15) is 9.59 Å². The summed E-state index contributed by atoms with van der Waals surface area (Å²) in [6.07, 6.45) is 4.37. The Kier molecular flexibility index (Phi) is 6.64. The maximum atomic E-state index is 12.6. The van der Waals surface area contributed by atoms with Gasteiger partial charge in [0.2, 0.25) is 5.91 Å². The molecular weight excluding hydrogens is 304 g/mol. The summed E-state index contributed by atoms with van der Waals surface area (Å²) in [6.45, 7) is 6.24. The summed E-state index contributed by atoms with van der Waals surface area (Å²) in [6, 6.07) is 6.79. The van der Waals surface area contributed by atoms with Crippen LogP contribution in [0.4, 0.5) is 0 Å². The van der Waals surface area contributed by atoms with Crippen molar-refractivity contribution in [3.05, 3.63) is 29.8 Å². The SMILES string of the molecule is CCOc1ccccc1C(=O)NC(C(=O)NC1CCCC1)C(C)C. The molecule has 1 fully saturated rings. The Bertz CT molecular complexity index is 565. The normalized spacial score (nSPS) is 16.0. The molecule has 0 saturated heterocycles.